The SMILES string of the molecule is CCOc1ccc(OCC(=O)OCC(=O)NC(C)c2ccc(Br)cc2)cc1. The van der Waals surface area contributed by atoms with Crippen molar-refractivity contribution in [3.8, 4) is 11.5 Å². The van der Waals surface area contributed by atoms with Gasteiger partial charge in [-0.15, -0.1) is 0 Å². The van der Waals surface area contributed by atoms with E-state index in [0.29, 0.717) is 12.4 Å². The number of benzene rings is 2. The first-order valence-electron chi connectivity index (χ1n) is 8.54. The zero-order valence-corrected chi connectivity index (χ0v) is 16.8. The van der Waals surface area contributed by atoms with E-state index in [1.807, 2.05) is 38.1 Å². The third-order valence-corrected chi connectivity index (χ3v) is 4.13. The average Bonchev–Trinajstić information content (AvgIpc) is 2.66. The summed E-state index contributed by atoms with van der Waals surface area (Å²) in [6.45, 7) is 3.71. The molecule has 0 fully saturated rings. The third kappa shape index (κ3) is 7.30. The molecule has 1 amide bonds. The Labute approximate surface area is 166 Å². The van der Waals surface area contributed by atoms with Gasteiger partial charge in [0.05, 0.1) is 12.6 Å². The van der Waals surface area contributed by atoms with Gasteiger partial charge >= 0.3 is 5.97 Å². The monoisotopic (exact) mass is 435 g/mol. The number of hydrogen-bond donors (Lipinski definition) is 1. The molecule has 2 rings (SSSR count). The van der Waals surface area contributed by atoms with Crippen LogP contribution in [-0.2, 0) is 14.3 Å². The third-order valence-electron chi connectivity index (χ3n) is 3.60. The Kier molecular flexibility index (Phi) is 8.13. The molecular weight excluding hydrogens is 414 g/mol. The second kappa shape index (κ2) is 10.6. The molecule has 0 aliphatic carbocycles. The molecule has 0 saturated heterocycles. The van der Waals surface area contributed by atoms with Crippen molar-refractivity contribution in [1.29, 1.82) is 0 Å². The number of carbonyl (C=O) groups is 2. The van der Waals surface area contributed by atoms with Crippen molar-refractivity contribution >= 4 is 27.8 Å². The normalized spacial score (nSPS) is 11.4. The van der Waals surface area contributed by atoms with Crippen LogP contribution >= 0.6 is 15.9 Å². The minimum Gasteiger partial charge on any atom is -0.494 e. The summed E-state index contributed by atoms with van der Waals surface area (Å²) in [5.74, 6) is 0.253. The van der Waals surface area contributed by atoms with Crippen molar-refractivity contribution in [3.05, 3.63) is 58.6 Å². The number of carbonyl (C=O) groups excluding carboxylic acids is 2. The maximum absolute atomic E-state index is 11.9. The zero-order chi connectivity index (χ0) is 19.6. The Morgan fingerprint density at radius 1 is 0.963 bits per heavy atom. The second-order valence-corrected chi connectivity index (χ2v) is 6.61. The molecule has 0 bridgehead atoms. The highest BCUT2D eigenvalue weighted by atomic mass is 79.9. The molecule has 1 atom stereocenters. The lowest BCUT2D eigenvalue weighted by Gasteiger charge is -2.14. The molecule has 1 unspecified atom stereocenters. The minimum absolute atomic E-state index is 0.190. The fraction of sp³-hybridized carbons (Fsp3) is 0.300. The summed E-state index contributed by atoms with van der Waals surface area (Å²) in [7, 11) is 0. The van der Waals surface area contributed by atoms with Crippen molar-refractivity contribution in [1.82, 2.24) is 5.32 Å². The second-order valence-electron chi connectivity index (χ2n) is 5.69. The summed E-state index contributed by atoms with van der Waals surface area (Å²) in [5, 5.41) is 2.78. The van der Waals surface area contributed by atoms with E-state index in [2.05, 4.69) is 21.2 Å². The fourth-order valence-electron chi connectivity index (χ4n) is 2.25. The molecule has 0 radical (unpaired) electrons. The summed E-state index contributed by atoms with van der Waals surface area (Å²) in [6, 6.07) is 14.3. The van der Waals surface area contributed by atoms with E-state index in [-0.39, 0.29) is 25.2 Å². The summed E-state index contributed by atoms with van der Waals surface area (Å²) >= 11 is 3.37. The first-order chi connectivity index (χ1) is 13.0. The number of rotatable bonds is 9. The Morgan fingerprint density at radius 3 is 2.15 bits per heavy atom. The lowest BCUT2D eigenvalue weighted by atomic mass is 10.1. The van der Waals surface area contributed by atoms with Gasteiger partial charge in [-0.25, -0.2) is 4.79 Å². The smallest absolute Gasteiger partial charge is 0.344 e. The van der Waals surface area contributed by atoms with Gasteiger partial charge in [-0.05, 0) is 55.8 Å². The highest BCUT2D eigenvalue weighted by Gasteiger charge is 2.12. The van der Waals surface area contributed by atoms with Crippen LogP contribution in [0.15, 0.2) is 53.0 Å². The minimum atomic E-state index is -0.615. The van der Waals surface area contributed by atoms with E-state index < -0.39 is 5.97 Å². The van der Waals surface area contributed by atoms with E-state index in [9.17, 15) is 9.59 Å². The summed E-state index contributed by atoms with van der Waals surface area (Å²) < 4.78 is 16.6. The van der Waals surface area contributed by atoms with Crippen molar-refractivity contribution in [2.24, 2.45) is 0 Å². The lowest BCUT2D eigenvalue weighted by Crippen LogP contribution is -2.31. The van der Waals surface area contributed by atoms with Crippen LogP contribution in [0.1, 0.15) is 25.5 Å². The Morgan fingerprint density at radius 2 is 1.56 bits per heavy atom. The van der Waals surface area contributed by atoms with Gasteiger partial charge in [0.1, 0.15) is 11.5 Å². The highest BCUT2D eigenvalue weighted by Crippen LogP contribution is 2.18. The Bertz CT molecular complexity index is 746. The molecule has 0 aromatic heterocycles. The van der Waals surface area contributed by atoms with Crippen LogP contribution < -0.4 is 14.8 Å². The van der Waals surface area contributed by atoms with Crippen LogP contribution in [0.3, 0.4) is 0 Å². The van der Waals surface area contributed by atoms with Crippen molar-refractivity contribution in [2.45, 2.75) is 19.9 Å². The topological polar surface area (TPSA) is 73.9 Å². The summed E-state index contributed by atoms with van der Waals surface area (Å²) in [4.78, 5) is 23.6. The molecule has 0 aliphatic heterocycles. The van der Waals surface area contributed by atoms with Crippen LogP contribution in [0.4, 0.5) is 0 Å². The molecule has 0 saturated carbocycles. The molecule has 1 N–H and O–H groups in total. The standard InChI is InChI=1S/C20H22BrNO5/c1-3-25-17-8-10-18(11-9-17)26-13-20(24)27-12-19(23)22-14(2)15-4-6-16(21)7-5-15/h4-11,14H,3,12-13H2,1-2H3,(H,22,23). The molecule has 7 heteroatoms. The molecule has 27 heavy (non-hydrogen) atoms. The van der Waals surface area contributed by atoms with Gasteiger partial charge in [-0.2, -0.15) is 0 Å². The molecule has 0 heterocycles. The zero-order valence-electron chi connectivity index (χ0n) is 15.2. The van der Waals surface area contributed by atoms with E-state index in [0.717, 1.165) is 15.8 Å². The van der Waals surface area contributed by atoms with E-state index in [1.54, 1.807) is 24.3 Å². The van der Waals surface area contributed by atoms with Crippen LogP contribution in [0, 0.1) is 0 Å². The number of halogens is 1. The largest absolute Gasteiger partial charge is 0.494 e. The van der Waals surface area contributed by atoms with Gasteiger partial charge < -0.3 is 19.5 Å². The molecule has 144 valence electrons. The van der Waals surface area contributed by atoms with Gasteiger partial charge in [0.15, 0.2) is 13.2 Å². The molecule has 2 aromatic rings. The lowest BCUT2D eigenvalue weighted by molar-refractivity contribution is -0.150. The predicted octanol–water partition coefficient (Wildman–Crippen LogP) is 3.65. The van der Waals surface area contributed by atoms with Crippen LogP contribution in [0.25, 0.3) is 0 Å². The molecular formula is C20H22BrNO5. The van der Waals surface area contributed by atoms with Crippen LogP contribution in [0.5, 0.6) is 11.5 Å². The number of hydrogen-bond acceptors (Lipinski definition) is 5. The van der Waals surface area contributed by atoms with Gasteiger partial charge in [0.2, 0.25) is 0 Å². The number of nitrogens with one attached hydrogen (secondary N) is 1. The van der Waals surface area contributed by atoms with Crippen molar-refractivity contribution < 1.29 is 23.8 Å². The number of ether oxygens (including phenoxy) is 3. The number of amides is 1. The first-order valence-corrected chi connectivity index (χ1v) is 9.33. The quantitative estimate of drug-likeness (QED) is 0.608. The van der Waals surface area contributed by atoms with Gasteiger partial charge in [-0.1, -0.05) is 28.1 Å². The van der Waals surface area contributed by atoms with Crippen LogP contribution in [-0.4, -0.2) is 31.7 Å². The number of esters is 1. The van der Waals surface area contributed by atoms with Gasteiger partial charge in [-0.3, -0.25) is 4.79 Å². The van der Waals surface area contributed by atoms with E-state index in [4.69, 9.17) is 14.2 Å². The average molecular weight is 436 g/mol. The van der Waals surface area contributed by atoms with E-state index >= 15 is 0 Å². The molecule has 2 aromatic carbocycles. The molecule has 6 nitrogen and oxygen atoms in total. The predicted molar refractivity (Wildman–Crippen MR) is 105 cm³/mol. The summed E-state index contributed by atoms with van der Waals surface area (Å²) in [6.07, 6.45) is 0. The maximum Gasteiger partial charge on any atom is 0.344 e. The van der Waals surface area contributed by atoms with Crippen molar-refractivity contribution in [2.75, 3.05) is 19.8 Å². The Balaban J connectivity index is 1.69. The van der Waals surface area contributed by atoms with E-state index in [1.165, 1.54) is 0 Å². The van der Waals surface area contributed by atoms with Crippen molar-refractivity contribution in [3.63, 3.8) is 0 Å². The fourth-order valence-corrected chi connectivity index (χ4v) is 2.51. The summed E-state index contributed by atoms with van der Waals surface area (Å²) in [5.41, 5.74) is 0.955. The molecule has 0 aliphatic rings. The Hall–Kier alpha value is -2.54. The van der Waals surface area contributed by atoms with Gasteiger partial charge in [0, 0.05) is 4.47 Å². The molecule has 0 spiro atoms. The first kappa shape index (κ1) is 20.8. The highest BCUT2D eigenvalue weighted by molar-refractivity contribution is 9.10. The van der Waals surface area contributed by atoms with Gasteiger partial charge in [0.25, 0.3) is 5.91 Å². The maximum atomic E-state index is 11.9. The van der Waals surface area contributed by atoms with Crippen LogP contribution in [0.2, 0.25) is 0 Å².